The molecular formula is C14H13N2Na. The largest absolute Gasteiger partial charge is 1.00 e. The minimum Gasteiger partial charge on any atom is -1.00 e. The van der Waals surface area contributed by atoms with Crippen molar-refractivity contribution in [1.29, 1.82) is 0 Å². The first-order valence-corrected chi connectivity index (χ1v) is 5.11. The number of para-hydroxylation sites is 1. The van der Waals surface area contributed by atoms with Crippen LogP contribution < -0.4 is 29.6 Å². The van der Waals surface area contributed by atoms with Gasteiger partial charge >= 0.3 is 29.6 Å². The fraction of sp³-hybridized carbons (Fsp3) is 0. The van der Waals surface area contributed by atoms with Crippen molar-refractivity contribution in [3.05, 3.63) is 73.2 Å². The molecule has 0 aliphatic carbocycles. The Kier molecular flexibility index (Phi) is 6.48. The molecule has 0 aliphatic heterocycles. The van der Waals surface area contributed by atoms with Gasteiger partial charge in [-0.25, -0.2) is 0 Å². The molecule has 0 aliphatic rings. The summed E-state index contributed by atoms with van der Waals surface area (Å²) in [4.78, 5) is 7.97. The van der Waals surface area contributed by atoms with E-state index in [1.807, 2.05) is 48.7 Å². The summed E-state index contributed by atoms with van der Waals surface area (Å²) in [6.07, 6.45) is 5.31. The summed E-state index contributed by atoms with van der Waals surface area (Å²) in [6, 6.07) is 17.8. The number of nitrogens with zero attached hydrogens (tertiary/aromatic N) is 2. The average Bonchev–Trinajstić information content (AvgIpc) is 2.42. The summed E-state index contributed by atoms with van der Waals surface area (Å²) in [6.45, 7) is 0. The van der Waals surface area contributed by atoms with Gasteiger partial charge in [0, 0.05) is 24.0 Å². The van der Waals surface area contributed by atoms with Gasteiger partial charge in [-0.15, -0.1) is 0 Å². The van der Waals surface area contributed by atoms with Crippen LogP contribution >= 0.6 is 0 Å². The third-order valence-electron chi connectivity index (χ3n) is 2.08. The predicted octanol–water partition coefficient (Wildman–Crippen LogP) is 0.433. The molecule has 2 aromatic heterocycles. The second kappa shape index (κ2) is 7.96. The summed E-state index contributed by atoms with van der Waals surface area (Å²) < 4.78 is 0. The Morgan fingerprint density at radius 2 is 1.41 bits per heavy atom. The molecule has 0 saturated heterocycles. The number of hydrogen-bond acceptors (Lipinski definition) is 2. The summed E-state index contributed by atoms with van der Waals surface area (Å²) in [5.41, 5.74) is 1.06. The van der Waals surface area contributed by atoms with E-state index in [4.69, 9.17) is 0 Å². The van der Waals surface area contributed by atoms with E-state index < -0.39 is 0 Å². The Hall–Kier alpha value is -1.22. The Labute approximate surface area is 125 Å². The first-order valence-electron chi connectivity index (χ1n) is 5.11. The van der Waals surface area contributed by atoms with Crippen LogP contribution in [-0.4, -0.2) is 9.97 Å². The summed E-state index contributed by atoms with van der Waals surface area (Å²) in [5.74, 6) is 0. The minimum atomic E-state index is 0. The van der Waals surface area contributed by atoms with Crippen LogP contribution in [0.4, 0.5) is 0 Å². The van der Waals surface area contributed by atoms with Gasteiger partial charge in [0.05, 0.1) is 5.52 Å². The smallest absolute Gasteiger partial charge is 1.00 e. The molecular weight excluding hydrogens is 219 g/mol. The van der Waals surface area contributed by atoms with Gasteiger partial charge < -0.3 is 1.43 Å². The van der Waals surface area contributed by atoms with Crippen molar-refractivity contribution in [2.45, 2.75) is 0 Å². The summed E-state index contributed by atoms with van der Waals surface area (Å²) in [5, 5.41) is 1.20. The second-order valence-corrected chi connectivity index (χ2v) is 3.22. The zero-order chi connectivity index (χ0) is 11.1. The Morgan fingerprint density at radius 3 is 2.00 bits per heavy atom. The molecule has 0 radical (unpaired) electrons. The quantitative estimate of drug-likeness (QED) is 0.525. The van der Waals surface area contributed by atoms with Crippen LogP contribution in [-0.2, 0) is 0 Å². The van der Waals surface area contributed by atoms with Gasteiger partial charge in [0.2, 0.25) is 0 Å². The zero-order valence-corrected chi connectivity index (χ0v) is 11.8. The van der Waals surface area contributed by atoms with Gasteiger partial charge in [0.25, 0.3) is 0 Å². The minimum absolute atomic E-state index is 0. The first-order chi connectivity index (χ1) is 7.97. The van der Waals surface area contributed by atoms with Gasteiger partial charge in [-0.2, -0.15) is 0 Å². The molecule has 2 heterocycles. The molecule has 0 saturated carbocycles. The van der Waals surface area contributed by atoms with Crippen LogP contribution in [0.15, 0.2) is 73.2 Å². The van der Waals surface area contributed by atoms with Crippen molar-refractivity contribution in [2.75, 3.05) is 0 Å². The van der Waals surface area contributed by atoms with Crippen molar-refractivity contribution in [3.63, 3.8) is 0 Å². The number of benzene rings is 1. The molecule has 80 valence electrons. The van der Waals surface area contributed by atoms with E-state index in [1.54, 1.807) is 12.4 Å². The van der Waals surface area contributed by atoms with Crippen molar-refractivity contribution in [1.82, 2.24) is 9.97 Å². The molecule has 0 amide bonds. The molecule has 0 bridgehead atoms. The second-order valence-electron chi connectivity index (χ2n) is 3.22. The summed E-state index contributed by atoms with van der Waals surface area (Å²) in [7, 11) is 0. The van der Waals surface area contributed by atoms with E-state index in [1.165, 1.54) is 5.39 Å². The number of rotatable bonds is 0. The monoisotopic (exact) mass is 232 g/mol. The van der Waals surface area contributed by atoms with E-state index in [0.717, 1.165) is 5.52 Å². The van der Waals surface area contributed by atoms with Crippen LogP contribution in [0.5, 0.6) is 0 Å². The van der Waals surface area contributed by atoms with Crippen LogP contribution in [0.25, 0.3) is 10.9 Å². The topological polar surface area (TPSA) is 25.8 Å². The van der Waals surface area contributed by atoms with Gasteiger partial charge in [-0.3, -0.25) is 9.97 Å². The number of fused-ring (bicyclic) bond motifs is 1. The number of hydrogen-bond donors (Lipinski definition) is 0. The molecule has 2 nitrogen and oxygen atoms in total. The van der Waals surface area contributed by atoms with Crippen LogP contribution in [0.2, 0.25) is 0 Å². The van der Waals surface area contributed by atoms with Crippen molar-refractivity contribution in [2.24, 2.45) is 0 Å². The van der Waals surface area contributed by atoms with Crippen molar-refractivity contribution in [3.8, 4) is 0 Å². The van der Waals surface area contributed by atoms with Gasteiger partial charge in [-0.1, -0.05) is 30.3 Å². The Morgan fingerprint density at radius 1 is 0.706 bits per heavy atom. The SMILES string of the molecule is [H-].[Na+].c1ccc2ncccc2c1.c1ccncc1. The van der Waals surface area contributed by atoms with E-state index >= 15 is 0 Å². The average molecular weight is 232 g/mol. The molecule has 1 aromatic carbocycles. The summed E-state index contributed by atoms with van der Waals surface area (Å²) >= 11 is 0. The Bertz CT molecular complexity index is 454. The van der Waals surface area contributed by atoms with E-state index in [0.29, 0.717) is 0 Å². The molecule has 17 heavy (non-hydrogen) atoms. The van der Waals surface area contributed by atoms with E-state index in [9.17, 15) is 0 Å². The fourth-order valence-electron chi connectivity index (χ4n) is 1.33. The third kappa shape index (κ3) is 4.65. The fourth-order valence-corrected chi connectivity index (χ4v) is 1.33. The van der Waals surface area contributed by atoms with Crippen LogP contribution in [0.3, 0.4) is 0 Å². The van der Waals surface area contributed by atoms with Crippen molar-refractivity contribution < 1.29 is 31.0 Å². The maximum atomic E-state index is 4.18. The number of aromatic nitrogens is 2. The molecule has 0 unspecified atom stereocenters. The first kappa shape index (κ1) is 13.8. The maximum Gasteiger partial charge on any atom is 1.00 e. The predicted molar refractivity (Wildman–Crippen MR) is 67.1 cm³/mol. The molecule has 3 heteroatoms. The van der Waals surface area contributed by atoms with Gasteiger partial charge in [-0.05, 0) is 24.3 Å². The zero-order valence-electron chi connectivity index (χ0n) is 10.8. The molecule has 3 rings (SSSR count). The molecule has 0 N–H and O–H groups in total. The molecule has 0 spiro atoms. The molecule has 3 aromatic rings. The molecule has 0 atom stereocenters. The van der Waals surface area contributed by atoms with Gasteiger partial charge in [0.1, 0.15) is 0 Å². The third-order valence-corrected chi connectivity index (χ3v) is 2.08. The number of pyridine rings is 2. The normalized spacial score (nSPS) is 8.71. The van der Waals surface area contributed by atoms with Crippen molar-refractivity contribution >= 4 is 10.9 Å². The van der Waals surface area contributed by atoms with E-state index in [-0.39, 0.29) is 31.0 Å². The van der Waals surface area contributed by atoms with Gasteiger partial charge in [0.15, 0.2) is 0 Å². The van der Waals surface area contributed by atoms with Crippen LogP contribution in [0, 0.1) is 0 Å². The Balaban J connectivity index is 0.000000319. The molecule has 0 fully saturated rings. The standard InChI is InChI=1S/C9H7N.C5H5N.Na.H/c1-2-6-9-8(4-1)5-3-7-10-9;1-2-4-6-5-3-1;;/h1-7H;1-5H;;/q;;+1;-1. The van der Waals surface area contributed by atoms with Crippen LogP contribution in [0.1, 0.15) is 1.43 Å². The van der Waals surface area contributed by atoms with E-state index in [2.05, 4.69) is 22.1 Å². The maximum absolute atomic E-state index is 4.18.